The summed E-state index contributed by atoms with van der Waals surface area (Å²) in [6.45, 7) is 3.08. The summed E-state index contributed by atoms with van der Waals surface area (Å²) in [7, 11) is -2.46. The Balaban J connectivity index is 1.36. The number of methoxy groups -OCH3 is 1. The molecule has 264 valence electrons. The van der Waals surface area contributed by atoms with Gasteiger partial charge in [-0.25, -0.2) is 8.42 Å². The molecule has 0 saturated carbocycles. The highest BCUT2D eigenvalue weighted by atomic mass is 32.2. The van der Waals surface area contributed by atoms with Crippen LogP contribution < -0.4 is 9.04 Å². The van der Waals surface area contributed by atoms with Gasteiger partial charge in [-0.2, -0.15) is 0 Å². The van der Waals surface area contributed by atoms with Gasteiger partial charge in [-0.3, -0.25) is 4.31 Å². The van der Waals surface area contributed by atoms with Crippen LogP contribution in [0.25, 0.3) is 0 Å². The van der Waals surface area contributed by atoms with Crippen LogP contribution in [0.3, 0.4) is 0 Å². The first-order chi connectivity index (χ1) is 24.9. The Morgan fingerprint density at radius 3 is 1.78 bits per heavy atom. The highest BCUT2D eigenvalue weighted by Gasteiger charge is 2.41. The number of sulfonamides is 1. The van der Waals surface area contributed by atoms with E-state index in [0.717, 1.165) is 22.3 Å². The van der Waals surface area contributed by atoms with Crippen molar-refractivity contribution in [2.45, 2.75) is 50.0 Å². The number of benzene rings is 5. The van der Waals surface area contributed by atoms with E-state index in [-0.39, 0.29) is 24.7 Å². The number of nitrogens with zero attached hydrogens (tertiary/aromatic N) is 1. The maximum Gasteiger partial charge on any atom is 0.264 e. The van der Waals surface area contributed by atoms with Crippen molar-refractivity contribution in [1.29, 1.82) is 0 Å². The van der Waals surface area contributed by atoms with Crippen LogP contribution in [0.2, 0.25) is 0 Å². The van der Waals surface area contributed by atoms with Crippen molar-refractivity contribution in [2.24, 2.45) is 0 Å². The third-order valence-corrected chi connectivity index (χ3v) is 10.5. The molecule has 51 heavy (non-hydrogen) atoms. The molecule has 1 aliphatic heterocycles. The zero-order chi connectivity index (χ0) is 35.5. The smallest absolute Gasteiger partial charge is 0.264 e. The van der Waals surface area contributed by atoms with Crippen LogP contribution in [0.1, 0.15) is 22.3 Å². The molecule has 0 bridgehead atoms. The van der Waals surface area contributed by atoms with E-state index in [2.05, 4.69) is 0 Å². The fraction of sp³-hybridized carbons (Fsp3) is 0.238. The van der Waals surface area contributed by atoms with Crippen molar-refractivity contribution >= 4 is 15.7 Å². The lowest BCUT2D eigenvalue weighted by atomic mass is 9.97. The normalized spacial score (nSPS) is 17.3. The van der Waals surface area contributed by atoms with E-state index in [4.69, 9.17) is 23.7 Å². The molecule has 0 spiro atoms. The van der Waals surface area contributed by atoms with E-state index < -0.39 is 28.3 Å². The molecule has 5 aromatic rings. The van der Waals surface area contributed by atoms with Gasteiger partial charge >= 0.3 is 0 Å². The monoisotopic (exact) mass is 705 g/mol. The third kappa shape index (κ3) is 9.45. The average Bonchev–Trinajstić information content (AvgIpc) is 3.17. The maximum atomic E-state index is 14.4. The van der Waals surface area contributed by atoms with Crippen LogP contribution in [0.15, 0.2) is 156 Å². The summed E-state index contributed by atoms with van der Waals surface area (Å²) in [5, 5.41) is 0. The predicted molar refractivity (Wildman–Crippen MR) is 198 cm³/mol. The molecule has 6 rings (SSSR count). The van der Waals surface area contributed by atoms with Crippen molar-refractivity contribution in [3.63, 3.8) is 0 Å². The molecule has 0 N–H and O–H groups in total. The lowest BCUT2D eigenvalue weighted by molar-refractivity contribution is -0.152. The Morgan fingerprint density at radius 2 is 1.22 bits per heavy atom. The molecule has 0 amide bonds. The van der Waals surface area contributed by atoms with Gasteiger partial charge in [-0.05, 0) is 60.0 Å². The second-order valence-corrected chi connectivity index (χ2v) is 14.2. The zero-order valence-corrected chi connectivity index (χ0v) is 29.7. The van der Waals surface area contributed by atoms with Gasteiger partial charge in [0, 0.05) is 5.57 Å². The zero-order valence-electron chi connectivity index (χ0n) is 28.8. The molecule has 0 unspecified atom stereocenters. The van der Waals surface area contributed by atoms with E-state index in [0.29, 0.717) is 30.2 Å². The number of hydrogen-bond donors (Lipinski definition) is 0. The topological polar surface area (TPSA) is 83.5 Å². The van der Waals surface area contributed by atoms with Gasteiger partial charge in [0.05, 0.1) is 56.9 Å². The van der Waals surface area contributed by atoms with Gasteiger partial charge in [-0.15, -0.1) is 0 Å². The number of aryl methyl sites for hydroxylation is 1. The fourth-order valence-electron chi connectivity index (χ4n) is 5.84. The first kappa shape index (κ1) is 35.9. The lowest BCUT2D eigenvalue weighted by Gasteiger charge is -2.39. The van der Waals surface area contributed by atoms with E-state index >= 15 is 0 Å². The largest absolute Gasteiger partial charge is 0.497 e. The molecule has 5 aromatic carbocycles. The Labute approximate surface area is 300 Å². The first-order valence-electron chi connectivity index (χ1n) is 16.9. The van der Waals surface area contributed by atoms with E-state index in [1.54, 1.807) is 61.9 Å². The van der Waals surface area contributed by atoms with Gasteiger partial charge in [0.25, 0.3) is 10.0 Å². The van der Waals surface area contributed by atoms with Gasteiger partial charge in [0.2, 0.25) is 0 Å². The predicted octanol–water partition coefficient (Wildman–Crippen LogP) is 7.87. The molecule has 3 atom stereocenters. The highest BCUT2D eigenvalue weighted by Crippen LogP contribution is 2.32. The summed E-state index contributed by atoms with van der Waals surface area (Å²) >= 11 is 0. The van der Waals surface area contributed by atoms with Crippen molar-refractivity contribution in [1.82, 2.24) is 0 Å². The van der Waals surface area contributed by atoms with Crippen molar-refractivity contribution in [2.75, 3.05) is 24.6 Å². The Hall–Kier alpha value is -4.93. The minimum atomic E-state index is -4.04. The van der Waals surface area contributed by atoms with Crippen LogP contribution in [-0.4, -0.2) is 47.0 Å². The molecule has 0 saturated heterocycles. The molecular formula is C42H43NO7S. The number of rotatable bonds is 16. The second-order valence-electron chi connectivity index (χ2n) is 12.4. The standard InChI is InChI=1S/C42H43NO7S/c1-32-18-24-39(25-19-32)51(44,45)43(37-20-22-38(46-2)23-21-37)26-36-30-48-40(31-47-27-33-12-6-3-7-13-33)42(50-29-35-16-10-5-11-17-35)41(36)49-28-34-14-8-4-9-15-34/h3-25,30,40-42H,26-29,31H2,1-2H3/t40-,41-,42-/m1/s1. The lowest BCUT2D eigenvalue weighted by Crippen LogP contribution is -2.50. The molecule has 0 radical (unpaired) electrons. The SMILES string of the molecule is COc1ccc(N(CC2=CO[C@H](COCc3ccccc3)[C@@H](OCc3ccccc3)[C@@H]2OCc2ccccc2)S(=O)(=O)c2ccc(C)cc2)cc1. The van der Waals surface area contributed by atoms with Gasteiger partial charge in [0.1, 0.15) is 24.1 Å². The first-order valence-corrected chi connectivity index (χ1v) is 18.4. The molecule has 0 fully saturated rings. The molecule has 0 aliphatic carbocycles. The maximum absolute atomic E-state index is 14.4. The van der Waals surface area contributed by atoms with Crippen LogP contribution >= 0.6 is 0 Å². The molecule has 1 aliphatic rings. The number of ether oxygens (including phenoxy) is 5. The van der Waals surface area contributed by atoms with Crippen LogP contribution in [0.5, 0.6) is 5.75 Å². The van der Waals surface area contributed by atoms with Crippen molar-refractivity contribution in [3.8, 4) is 5.75 Å². The molecule has 0 aromatic heterocycles. The van der Waals surface area contributed by atoms with Crippen LogP contribution in [0.4, 0.5) is 5.69 Å². The summed E-state index contributed by atoms with van der Waals surface area (Å²) in [5.41, 5.74) is 5.03. The minimum Gasteiger partial charge on any atom is -0.497 e. The number of hydrogen-bond acceptors (Lipinski definition) is 7. The minimum absolute atomic E-state index is 0.0508. The van der Waals surface area contributed by atoms with E-state index in [1.807, 2.05) is 97.9 Å². The summed E-state index contributed by atoms with van der Waals surface area (Å²) in [6, 6.07) is 43.5. The van der Waals surface area contributed by atoms with Gasteiger partial charge in [-0.1, -0.05) is 109 Å². The van der Waals surface area contributed by atoms with Gasteiger partial charge in [0.15, 0.2) is 0 Å². The third-order valence-electron chi connectivity index (χ3n) is 8.67. The molecule has 1 heterocycles. The van der Waals surface area contributed by atoms with Crippen LogP contribution in [0, 0.1) is 6.92 Å². The van der Waals surface area contributed by atoms with E-state index in [1.165, 1.54) is 4.31 Å². The summed E-state index contributed by atoms with van der Waals surface area (Å²) in [4.78, 5) is 0.173. The van der Waals surface area contributed by atoms with Gasteiger partial charge < -0.3 is 23.7 Å². The summed E-state index contributed by atoms with van der Waals surface area (Å²) in [6.07, 6.45) is -0.230. The Kier molecular flexibility index (Phi) is 12.2. The van der Waals surface area contributed by atoms with Crippen molar-refractivity contribution in [3.05, 3.63) is 174 Å². The second kappa shape index (κ2) is 17.3. The van der Waals surface area contributed by atoms with Crippen LogP contribution in [-0.2, 0) is 48.8 Å². The number of anilines is 1. The Morgan fingerprint density at radius 1 is 0.667 bits per heavy atom. The Bertz CT molecular complexity index is 1940. The highest BCUT2D eigenvalue weighted by molar-refractivity contribution is 7.92. The molecular weight excluding hydrogens is 663 g/mol. The fourth-order valence-corrected chi connectivity index (χ4v) is 7.30. The van der Waals surface area contributed by atoms with Crippen molar-refractivity contribution < 1.29 is 32.1 Å². The molecule has 9 heteroatoms. The quantitative estimate of drug-likeness (QED) is 0.103. The molecule has 8 nitrogen and oxygen atoms in total. The average molecular weight is 706 g/mol. The van der Waals surface area contributed by atoms with E-state index in [9.17, 15) is 8.42 Å². The summed E-state index contributed by atoms with van der Waals surface area (Å²) in [5.74, 6) is 0.614. The summed E-state index contributed by atoms with van der Waals surface area (Å²) < 4.78 is 61.5.